The molecule has 7 unspecified atom stereocenters. The number of primary amides is 1. The number of carbonyl (C=O) groups excluding carboxylic acids is 9. The lowest BCUT2D eigenvalue weighted by molar-refractivity contribution is -0.139. The van der Waals surface area contributed by atoms with Gasteiger partial charge in [0.2, 0.25) is 53.2 Å². The Morgan fingerprint density at radius 1 is 0.587 bits per heavy atom. The number of aliphatic carboxylic acids is 1. The second kappa shape index (κ2) is 29.6. The van der Waals surface area contributed by atoms with Gasteiger partial charge in [0, 0.05) is 57.0 Å². The van der Waals surface area contributed by atoms with E-state index in [4.69, 9.17) is 11.5 Å². The van der Waals surface area contributed by atoms with Crippen molar-refractivity contribution in [3.8, 4) is 5.75 Å². The molecular formula is C51H80N12O12. The number of carboxylic acid groups (broad SMARTS) is 1. The Labute approximate surface area is 437 Å². The molecule has 9 amide bonds. The summed E-state index contributed by atoms with van der Waals surface area (Å²) in [6.07, 6.45) is 6.12. The van der Waals surface area contributed by atoms with E-state index < -0.39 is 120 Å². The number of unbranched alkanes of at least 4 members (excludes halogenated alkanes) is 1. The zero-order valence-corrected chi connectivity index (χ0v) is 43.2. The average Bonchev–Trinajstić information content (AvgIpc) is 3.37. The van der Waals surface area contributed by atoms with E-state index in [1.54, 1.807) is 12.1 Å². The standard InChI is InChI=1S/C51H80N12O12/c1-28(44(53)68)56-47(71)34-26-54-23-20-38(34)60-50(74)41(18-19-43(66)67)62-46(70)33-10-4-6-12-37(33)58-51(75)42(25-30-14-16-31(65)17-15-30)63-48(72)35-27-55-24-21-39(35)59-49(73)40(13-7-8-22-52)61-45(69)32-9-3-5-11-36(32)57-29(2)64/h14-17,28,32-42,54-55,65H,3-13,18-27,52H2,1-2H3,(H2,53,68)(H,56,71)(H,57,64)(H,58,75)(H,59,73)(H,60,74)(H,61,69)(H,62,70)(H,63,72)(H,66,67)/t28-,32?,33?,34?,35-,36?,37?,38?,39?,40-,41-,42-/m1/s1. The normalized spacial score (nSPS) is 25.3. The Bertz CT molecular complexity index is 2170. The topological polar surface area (TPSA) is 383 Å². The van der Waals surface area contributed by atoms with Gasteiger partial charge in [-0.05, 0) is 108 Å². The first kappa shape index (κ1) is 59.5. The zero-order valence-electron chi connectivity index (χ0n) is 43.2. The molecule has 0 bridgehead atoms. The Morgan fingerprint density at radius 3 is 1.52 bits per heavy atom. The van der Waals surface area contributed by atoms with Gasteiger partial charge in [0.25, 0.3) is 0 Å². The van der Waals surface area contributed by atoms with Gasteiger partial charge in [0.15, 0.2) is 0 Å². The van der Waals surface area contributed by atoms with Crippen LogP contribution in [0.1, 0.15) is 116 Å². The van der Waals surface area contributed by atoms with Crippen LogP contribution in [0, 0.1) is 23.7 Å². The highest BCUT2D eigenvalue weighted by molar-refractivity contribution is 5.93. The van der Waals surface area contributed by atoms with Gasteiger partial charge in [-0.25, -0.2) is 0 Å². The SMILES string of the molecule is CC(=O)NC1CCCCC1C(=O)N[C@H](CCCCN)C(=O)NC1CCNC[C@H]1C(=O)N[C@H](Cc1ccc(O)cc1)C(=O)NC1CCCCC1C(=O)N[C@H](CCC(=O)O)C(=O)NC1CCNCC1C(=O)N[C@H](C)C(N)=O. The van der Waals surface area contributed by atoms with Crippen molar-refractivity contribution in [3.63, 3.8) is 0 Å². The minimum absolute atomic E-state index is 0.0123. The smallest absolute Gasteiger partial charge is 0.303 e. The van der Waals surface area contributed by atoms with Crippen molar-refractivity contribution in [2.45, 2.75) is 165 Å². The number of rotatable bonds is 25. The van der Waals surface area contributed by atoms with Crippen LogP contribution in [-0.2, 0) is 54.4 Å². The van der Waals surface area contributed by atoms with Gasteiger partial charge in [-0.3, -0.25) is 47.9 Å². The van der Waals surface area contributed by atoms with E-state index >= 15 is 0 Å². The maximum absolute atomic E-state index is 14.5. The molecule has 1 aromatic rings. The summed E-state index contributed by atoms with van der Waals surface area (Å²) in [5, 5.41) is 48.7. The maximum atomic E-state index is 14.5. The predicted molar refractivity (Wildman–Crippen MR) is 273 cm³/mol. The summed E-state index contributed by atoms with van der Waals surface area (Å²) < 4.78 is 0. The summed E-state index contributed by atoms with van der Waals surface area (Å²) in [6.45, 7) is 4.45. The Hall–Kier alpha value is -6.40. The van der Waals surface area contributed by atoms with Crippen molar-refractivity contribution in [2.75, 3.05) is 32.7 Å². The molecule has 16 N–H and O–H groups in total. The van der Waals surface area contributed by atoms with Crippen LogP contribution in [0.5, 0.6) is 5.75 Å². The number of piperidine rings is 2. The van der Waals surface area contributed by atoms with E-state index in [-0.39, 0.29) is 49.5 Å². The number of hydrogen-bond acceptors (Lipinski definition) is 14. The second-order valence-electron chi connectivity index (χ2n) is 20.5. The minimum atomic E-state index is -1.33. The maximum Gasteiger partial charge on any atom is 0.303 e. The first-order chi connectivity index (χ1) is 35.8. The van der Waals surface area contributed by atoms with Crippen LogP contribution < -0.4 is 64.6 Å². The average molecular weight is 1050 g/mol. The van der Waals surface area contributed by atoms with Gasteiger partial charge in [-0.2, -0.15) is 0 Å². The van der Waals surface area contributed by atoms with E-state index in [1.807, 2.05) is 0 Å². The molecule has 12 atom stereocenters. The third-order valence-electron chi connectivity index (χ3n) is 14.9. The monoisotopic (exact) mass is 1050 g/mol. The lowest BCUT2D eigenvalue weighted by Gasteiger charge is -2.36. The molecular weight excluding hydrogens is 973 g/mol. The van der Waals surface area contributed by atoms with Gasteiger partial charge < -0.3 is 74.8 Å². The summed E-state index contributed by atoms with van der Waals surface area (Å²) in [5.74, 6) is -9.08. The fourth-order valence-electron chi connectivity index (χ4n) is 10.6. The fourth-order valence-corrected chi connectivity index (χ4v) is 10.6. The number of aromatic hydroxyl groups is 1. The summed E-state index contributed by atoms with van der Waals surface area (Å²) in [6, 6.07) is -0.905. The zero-order chi connectivity index (χ0) is 54.6. The van der Waals surface area contributed by atoms with Crippen LogP contribution in [-0.4, -0.2) is 150 Å². The number of carboxylic acids is 1. The van der Waals surface area contributed by atoms with Crippen molar-refractivity contribution in [3.05, 3.63) is 29.8 Å². The number of phenols is 1. The van der Waals surface area contributed by atoms with E-state index in [0.717, 1.165) is 12.8 Å². The van der Waals surface area contributed by atoms with Gasteiger partial charge in [-0.15, -0.1) is 0 Å². The third-order valence-corrected chi connectivity index (χ3v) is 14.9. The first-order valence-corrected chi connectivity index (χ1v) is 26.6. The highest BCUT2D eigenvalue weighted by Gasteiger charge is 2.41. The number of phenolic OH excluding ortho intramolecular Hbond substituents is 1. The molecule has 2 saturated heterocycles. The van der Waals surface area contributed by atoms with Crippen LogP contribution >= 0.6 is 0 Å². The highest BCUT2D eigenvalue weighted by Crippen LogP contribution is 2.27. The van der Waals surface area contributed by atoms with Crippen molar-refractivity contribution in [2.24, 2.45) is 35.1 Å². The van der Waals surface area contributed by atoms with Crippen LogP contribution in [0.25, 0.3) is 0 Å². The number of benzene rings is 1. The largest absolute Gasteiger partial charge is 0.508 e. The van der Waals surface area contributed by atoms with Gasteiger partial charge in [-0.1, -0.05) is 37.8 Å². The molecule has 416 valence electrons. The second-order valence-corrected chi connectivity index (χ2v) is 20.5. The number of amides is 9. The van der Waals surface area contributed by atoms with E-state index in [2.05, 4.69) is 53.2 Å². The molecule has 75 heavy (non-hydrogen) atoms. The van der Waals surface area contributed by atoms with Gasteiger partial charge >= 0.3 is 5.97 Å². The van der Waals surface area contributed by atoms with E-state index in [1.165, 1.54) is 26.0 Å². The summed E-state index contributed by atoms with van der Waals surface area (Å²) in [4.78, 5) is 133. The van der Waals surface area contributed by atoms with Crippen molar-refractivity contribution < 1.29 is 58.2 Å². The molecule has 0 aromatic heterocycles. The fraction of sp³-hybridized carbons (Fsp3) is 0.686. The summed E-state index contributed by atoms with van der Waals surface area (Å²) in [5.41, 5.74) is 11.7. The molecule has 0 spiro atoms. The van der Waals surface area contributed by atoms with Crippen molar-refractivity contribution in [1.82, 2.24) is 53.2 Å². The van der Waals surface area contributed by atoms with Crippen molar-refractivity contribution in [1.29, 1.82) is 0 Å². The van der Waals surface area contributed by atoms with Gasteiger partial charge in [0.1, 0.15) is 29.9 Å². The van der Waals surface area contributed by atoms with Gasteiger partial charge in [0.05, 0.1) is 23.7 Å². The van der Waals surface area contributed by atoms with Crippen LogP contribution in [0.3, 0.4) is 0 Å². The lowest BCUT2D eigenvalue weighted by atomic mass is 9.83. The van der Waals surface area contributed by atoms with Crippen LogP contribution in [0.2, 0.25) is 0 Å². The van der Waals surface area contributed by atoms with E-state index in [0.29, 0.717) is 95.8 Å². The summed E-state index contributed by atoms with van der Waals surface area (Å²) in [7, 11) is 0. The Morgan fingerprint density at radius 2 is 1.03 bits per heavy atom. The van der Waals surface area contributed by atoms with Crippen LogP contribution in [0.4, 0.5) is 0 Å². The Kier molecular flexibility index (Phi) is 23.5. The molecule has 2 heterocycles. The number of nitrogens with two attached hydrogens (primary N) is 2. The van der Waals surface area contributed by atoms with Crippen molar-refractivity contribution >= 4 is 59.1 Å². The first-order valence-electron chi connectivity index (χ1n) is 26.6. The molecule has 2 saturated carbocycles. The third kappa shape index (κ3) is 18.4. The summed E-state index contributed by atoms with van der Waals surface area (Å²) >= 11 is 0. The number of carbonyl (C=O) groups is 10. The number of nitrogens with one attached hydrogen (secondary N) is 10. The molecule has 2 aliphatic heterocycles. The number of hydrogen-bond donors (Lipinski definition) is 14. The van der Waals surface area contributed by atoms with E-state index in [9.17, 15) is 58.2 Å². The molecule has 4 fully saturated rings. The molecule has 24 nitrogen and oxygen atoms in total. The Balaban J connectivity index is 1.30. The quantitative estimate of drug-likeness (QED) is 0.0468. The molecule has 2 aliphatic carbocycles. The molecule has 24 heteroatoms. The molecule has 1 aromatic carbocycles. The lowest BCUT2D eigenvalue weighted by Crippen LogP contribution is -2.61. The molecule has 5 rings (SSSR count). The minimum Gasteiger partial charge on any atom is -0.508 e. The molecule has 0 radical (unpaired) electrons. The predicted octanol–water partition coefficient (Wildman–Crippen LogP) is -2.07. The van der Waals surface area contributed by atoms with Crippen LogP contribution in [0.15, 0.2) is 24.3 Å². The highest BCUT2D eigenvalue weighted by atomic mass is 16.4. The molecule has 4 aliphatic rings.